The van der Waals surface area contributed by atoms with Crippen molar-refractivity contribution < 1.29 is 14.2 Å². The quantitative estimate of drug-likeness (QED) is 0.790. The average molecular weight is 324 g/mol. The van der Waals surface area contributed by atoms with Crippen LogP contribution in [0.3, 0.4) is 0 Å². The molecule has 1 heterocycles. The van der Waals surface area contributed by atoms with Gasteiger partial charge >= 0.3 is 0 Å². The van der Waals surface area contributed by atoms with Crippen LogP contribution in [0.2, 0.25) is 0 Å². The van der Waals surface area contributed by atoms with Crippen molar-refractivity contribution in [1.82, 2.24) is 9.80 Å². The Labute approximate surface area is 138 Å². The molecule has 1 aromatic rings. The molecule has 0 saturated carbocycles. The van der Waals surface area contributed by atoms with E-state index in [-0.39, 0.29) is 12.4 Å². The van der Waals surface area contributed by atoms with Crippen LogP contribution in [0.4, 0.5) is 4.39 Å². The summed E-state index contributed by atoms with van der Waals surface area (Å²) in [5.41, 5.74) is 2.16. The van der Waals surface area contributed by atoms with E-state index in [9.17, 15) is 9.50 Å². The fourth-order valence-corrected chi connectivity index (χ4v) is 3.40. The number of aliphatic hydroxyl groups excluding tert-OH is 1. The highest BCUT2D eigenvalue weighted by molar-refractivity contribution is 5.26. The molecule has 0 spiro atoms. The largest absolute Gasteiger partial charge is 0.396 e. The van der Waals surface area contributed by atoms with E-state index in [2.05, 4.69) is 16.8 Å². The first kappa shape index (κ1) is 18.3. The predicted octanol–water partition coefficient (Wildman–Crippen LogP) is 1.75. The van der Waals surface area contributed by atoms with Crippen LogP contribution < -0.4 is 0 Å². The number of benzene rings is 1. The Morgan fingerprint density at radius 3 is 2.74 bits per heavy atom. The lowest BCUT2D eigenvalue weighted by Gasteiger charge is -2.23. The van der Waals surface area contributed by atoms with Crippen LogP contribution in [-0.4, -0.2) is 68.5 Å². The molecule has 4 nitrogen and oxygen atoms in total. The van der Waals surface area contributed by atoms with E-state index in [0.29, 0.717) is 11.8 Å². The number of hydrogen-bond donors (Lipinski definition) is 1. The van der Waals surface area contributed by atoms with Crippen molar-refractivity contribution in [2.24, 2.45) is 11.8 Å². The summed E-state index contributed by atoms with van der Waals surface area (Å²) < 4.78 is 18.3. The van der Waals surface area contributed by atoms with E-state index >= 15 is 0 Å². The molecule has 0 bridgehead atoms. The number of likely N-dealkylation sites (tertiary alicyclic amines) is 1. The van der Waals surface area contributed by atoms with Crippen LogP contribution in [0.5, 0.6) is 0 Å². The monoisotopic (exact) mass is 324 g/mol. The molecular weight excluding hydrogens is 295 g/mol. The topological polar surface area (TPSA) is 35.9 Å². The van der Waals surface area contributed by atoms with Crippen molar-refractivity contribution in [3.63, 3.8) is 0 Å². The lowest BCUT2D eigenvalue weighted by molar-refractivity contribution is 0.136. The van der Waals surface area contributed by atoms with Crippen molar-refractivity contribution in [3.8, 4) is 0 Å². The molecule has 1 fully saturated rings. The molecular formula is C18H29FN2O2. The Morgan fingerprint density at radius 1 is 1.35 bits per heavy atom. The molecule has 2 atom stereocenters. The number of halogens is 1. The van der Waals surface area contributed by atoms with Crippen molar-refractivity contribution in [1.29, 1.82) is 0 Å². The van der Waals surface area contributed by atoms with Gasteiger partial charge in [-0.3, -0.25) is 4.90 Å². The first-order valence-corrected chi connectivity index (χ1v) is 8.29. The zero-order valence-electron chi connectivity index (χ0n) is 14.5. The Hall–Kier alpha value is -1.01. The molecule has 2 rings (SSSR count). The highest BCUT2D eigenvalue weighted by Crippen LogP contribution is 2.26. The summed E-state index contributed by atoms with van der Waals surface area (Å²) >= 11 is 0. The maximum atomic E-state index is 13.2. The van der Waals surface area contributed by atoms with Crippen LogP contribution in [0.25, 0.3) is 0 Å². The average Bonchev–Trinajstić information content (AvgIpc) is 2.89. The smallest absolute Gasteiger partial charge is 0.123 e. The number of rotatable bonds is 8. The highest BCUT2D eigenvalue weighted by atomic mass is 19.1. The Morgan fingerprint density at radius 2 is 2.09 bits per heavy atom. The molecule has 1 aromatic carbocycles. The van der Waals surface area contributed by atoms with E-state index in [0.717, 1.165) is 50.5 Å². The number of aliphatic hydroxyl groups is 1. The minimum Gasteiger partial charge on any atom is -0.396 e. The molecule has 5 heteroatoms. The standard InChI is InChI=1S/C18H29FN2O2/c1-14-8-18(19)5-4-15(14)10-21-11-16(17(12-21)13-22)9-20(2)6-7-23-3/h4-5,8,16-17,22H,6-7,9-13H2,1-3H3/t16-,17-/m1/s1. The number of ether oxygens (including phenoxy) is 1. The van der Waals surface area contributed by atoms with Gasteiger partial charge in [0.2, 0.25) is 0 Å². The molecule has 0 amide bonds. The summed E-state index contributed by atoms with van der Waals surface area (Å²) in [4.78, 5) is 4.64. The van der Waals surface area contributed by atoms with Gasteiger partial charge in [0.1, 0.15) is 5.82 Å². The summed E-state index contributed by atoms with van der Waals surface area (Å²) in [6.07, 6.45) is 0. The van der Waals surface area contributed by atoms with Gasteiger partial charge in [-0.25, -0.2) is 4.39 Å². The number of nitrogens with zero attached hydrogens (tertiary/aromatic N) is 2. The molecule has 1 N–H and O–H groups in total. The van der Waals surface area contributed by atoms with Crippen molar-refractivity contribution in [2.45, 2.75) is 13.5 Å². The first-order chi connectivity index (χ1) is 11.0. The van der Waals surface area contributed by atoms with Crippen LogP contribution in [-0.2, 0) is 11.3 Å². The number of likely N-dealkylation sites (N-methyl/N-ethyl adjacent to an activating group) is 1. The number of methoxy groups -OCH3 is 1. The van der Waals surface area contributed by atoms with E-state index < -0.39 is 0 Å². The number of aryl methyl sites for hydroxylation is 1. The van der Waals surface area contributed by atoms with Crippen LogP contribution >= 0.6 is 0 Å². The third-order valence-corrected chi connectivity index (χ3v) is 4.81. The Balaban J connectivity index is 1.92. The predicted molar refractivity (Wildman–Crippen MR) is 89.9 cm³/mol. The molecule has 0 aromatic heterocycles. The molecule has 23 heavy (non-hydrogen) atoms. The van der Waals surface area contributed by atoms with E-state index in [1.54, 1.807) is 13.2 Å². The SMILES string of the molecule is COCCN(C)C[C@@H]1CN(Cc2ccc(F)cc2C)C[C@@H]1CO. The maximum Gasteiger partial charge on any atom is 0.123 e. The van der Waals surface area contributed by atoms with Gasteiger partial charge < -0.3 is 14.7 Å². The summed E-state index contributed by atoms with van der Waals surface area (Å²) in [5.74, 6) is 0.585. The summed E-state index contributed by atoms with van der Waals surface area (Å²) in [7, 11) is 3.81. The second-order valence-electron chi connectivity index (χ2n) is 6.72. The summed E-state index contributed by atoms with van der Waals surface area (Å²) in [6, 6.07) is 4.99. The van der Waals surface area contributed by atoms with E-state index in [1.165, 1.54) is 6.07 Å². The zero-order chi connectivity index (χ0) is 16.8. The van der Waals surface area contributed by atoms with Crippen LogP contribution in [0, 0.1) is 24.6 Å². The molecule has 1 aliphatic heterocycles. The molecule has 130 valence electrons. The van der Waals surface area contributed by atoms with Gasteiger partial charge in [-0.05, 0) is 49.1 Å². The van der Waals surface area contributed by atoms with Gasteiger partial charge in [-0.15, -0.1) is 0 Å². The minimum absolute atomic E-state index is 0.182. The van der Waals surface area contributed by atoms with Gasteiger partial charge in [-0.1, -0.05) is 6.07 Å². The second-order valence-corrected chi connectivity index (χ2v) is 6.72. The minimum atomic E-state index is -0.182. The third kappa shape index (κ3) is 5.24. The van der Waals surface area contributed by atoms with Crippen LogP contribution in [0.15, 0.2) is 18.2 Å². The van der Waals surface area contributed by atoms with Crippen molar-refractivity contribution in [2.75, 3.05) is 53.6 Å². The first-order valence-electron chi connectivity index (χ1n) is 8.29. The van der Waals surface area contributed by atoms with Gasteiger partial charge in [0.15, 0.2) is 0 Å². The fourth-order valence-electron chi connectivity index (χ4n) is 3.40. The van der Waals surface area contributed by atoms with Crippen molar-refractivity contribution >= 4 is 0 Å². The molecule has 0 aliphatic carbocycles. The Bertz CT molecular complexity index is 498. The molecule has 0 unspecified atom stereocenters. The molecule has 1 saturated heterocycles. The molecule has 0 radical (unpaired) electrons. The zero-order valence-corrected chi connectivity index (χ0v) is 14.5. The fraction of sp³-hybridized carbons (Fsp3) is 0.667. The third-order valence-electron chi connectivity index (χ3n) is 4.81. The van der Waals surface area contributed by atoms with Crippen molar-refractivity contribution in [3.05, 3.63) is 35.1 Å². The van der Waals surface area contributed by atoms with E-state index in [4.69, 9.17) is 4.74 Å². The Kier molecular flexibility index (Phi) is 6.96. The summed E-state index contributed by atoms with van der Waals surface area (Å²) in [5, 5.41) is 9.68. The van der Waals surface area contributed by atoms with Gasteiger partial charge in [0.25, 0.3) is 0 Å². The van der Waals surface area contributed by atoms with Gasteiger partial charge in [0.05, 0.1) is 6.61 Å². The maximum absolute atomic E-state index is 13.2. The lowest BCUT2D eigenvalue weighted by atomic mass is 9.96. The van der Waals surface area contributed by atoms with Gasteiger partial charge in [0, 0.05) is 46.4 Å². The lowest BCUT2D eigenvalue weighted by Crippen LogP contribution is -2.33. The summed E-state index contributed by atoms with van der Waals surface area (Å²) in [6.45, 7) is 7.47. The van der Waals surface area contributed by atoms with E-state index in [1.807, 2.05) is 13.0 Å². The van der Waals surface area contributed by atoms with Crippen LogP contribution in [0.1, 0.15) is 11.1 Å². The molecule has 1 aliphatic rings. The number of hydrogen-bond acceptors (Lipinski definition) is 4. The highest BCUT2D eigenvalue weighted by Gasteiger charge is 2.32. The van der Waals surface area contributed by atoms with Gasteiger partial charge in [-0.2, -0.15) is 0 Å². The second kappa shape index (κ2) is 8.73. The normalized spacial score (nSPS) is 22.2.